The molecule has 0 radical (unpaired) electrons. The van der Waals surface area contributed by atoms with Crippen LogP contribution in [-0.2, 0) is 0 Å². The Morgan fingerprint density at radius 3 is 2.04 bits per heavy atom. The van der Waals surface area contributed by atoms with Gasteiger partial charge < -0.3 is 4.57 Å². The highest BCUT2D eigenvalue weighted by Gasteiger charge is 2.25. The van der Waals surface area contributed by atoms with Crippen molar-refractivity contribution in [1.82, 2.24) is 14.5 Å². The Labute approximate surface area is 308 Å². The van der Waals surface area contributed by atoms with Gasteiger partial charge in [-0.05, 0) is 60.4 Å². The number of hydrogen-bond donors (Lipinski definition) is 0. The van der Waals surface area contributed by atoms with Gasteiger partial charge >= 0.3 is 0 Å². The first-order chi connectivity index (χ1) is 25.7. The Balaban J connectivity index is 1.23. The maximum Gasteiger partial charge on any atom is 0.161 e. The number of allylic oxidation sites excluding steroid dienone is 1. The fourth-order valence-corrected chi connectivity index (χ4v) is 10.7. The number of fused-ring (bicyclic) bond motifs is 9. The predicted molar refractivity (Wildman–Crippen MR) is 223 cm³/mol. The lowest BCUT2D eigenvalue weighted by Gasteiger charge is -2.18. The predicted octanol–water partition coefficient (Wildman–Crippen LogP) is 13.7. The molecular formula is C47H31N3S2. The van der Waals surface area contributed by atoms with E-state index in [1.165, 1.54) is 62.5 Å². The molecule has 1 unspecified atom stereocenters. The molecule has 11 rings (SSSR count). The zero-order valence-electron chi connectivity index (χ0n) is 28.4. The zero-order chi connectivity index (χ0) is 34.3. The van der Waals surface area contributed by atoms with E-state index in [0.29, 0.717) is 5.92 Å². The molecule has 0 saturated carbocycles. The first kappa shape index (κ1) is 29.8. The molecule has 0 spiro atoms. The Bertz CT molecular complexity index is 3070. The molecule has 4 heterocycles. The highest BCUT2D eigenvalue weighted by atomic mass is 32.1. The fourth-order valence-electron chi connectivity index (χ4n) is 8.26. The Morgan fingerprint density at radius 1 is 0.577 bits per heavy atom. The Hall–Kier alpha value is -5.88. The van der Waals surface area contributed by atoms with Gasteiger partial charge in [0, 0.05) is 73.8 Å². The van der Waals surface area contributed by atoms with Crippen LogP contribution in [0.5, 0.6) is 0 Å². The monoisotopic (exact) mass is 701 g/mol. The molecule has 4 aromatic heterocycles. The van der Waals surface area contributed by atoms with Crippen LogP contribution >= 0.6 is 22.7 Å². The first-order valence-corrected chi connectivity index (χ1v) is 19.4. The van der Waals surface area contributed by atoms with Crippen molar-refractivity contribution < 1.29 is 0 Å². The zero-order valence-corrected chi connectivity index (χ0v) is 30.0. The molecule has 5 heteroatoms. The smallest absolute Gasteiger partial charge is 0.161 e. The average Bonchev–Trinajstić information content (AvgIpc) is 3.88. The molecule has 10 aromatic rings. The minimum Gasteiger partial charge on any atom is -0.310 e. The minimum absolute atomic E-state index is 0.446. The van der Waals surface area contributed by atoms with Crippen molar-refractivity contribution >= 4 is 80.0 Å². The van der Waals surface area contributed by atoms with Crippen LogP contribution in [0, 0.1) is 0 Å². The van der Waals surface area contributed by atoms with Crippen molar-refractivity contribution in [3.8, 4) is 39.6 Å². The van der Waals surface area contributed by atoms with Crippen LogP contribution in [0.25, 0.3) is 96.9 Å². The van der Waals surface area contributed by atoms with E-state index in [2.05, 4.69) is 163 Å². The minimum atomic E-state index is 0.446. The van der Waals surface area contributed by atoms with Gasteiger partial charge in [-0.25, -0.2) is 9.97 Å². The molecule has 0 saturated heterocycles. The number of benzene rings is 6. The molecule has 6 aromatic carbocycles. The second-order valence-corrected chi connectivity index (χ2v) is 15.9. The van der Waals surface area contributed by atoms with Gasteiger partial charge in [0.15, 0.2) is 5.82 Å². The standard InChI is InChI=1S/C47H31N3S2/c1-28-13-11-22-41-44(28)35-18-5-8-21-40(35)50(41)30-25-36-32-17-7-10-24-43(32)52-46(36)37(26-30)47-48-38(29-14-3-2-4-15-29)27-39(49-47)34-20-12-19-33-31-16-6-9-23-42(31)51-45(33)34/h2-12,14-28H,13H2,1H3. The van der Waals surface area contributed by atoms with E-state index < -0.39 is 0 Å². The molecule has 0 bridgehead atoms. The summed E-state index contributed by atoms with van der Waals surface area (Å²) in [6, 6.07) is 50.4. The quantitative estimate of drug-likeness (QED) is 0.183. The number of aromatic nitrogens is 3. The maximum absolute atomic E-state index is 5.50. The summed E-state index contributed by atoms with van der Waals surface area (Å²) in [5.74, 6) is 1.18. The van der Waals surface area contributed by atoms with Crippen LogP contribution in [0.15, 0.2) is 146 Å². The van der Waals surface area contributed by atoms with Crippen molar-refractivity contribution in [3.63, 3.8) is 0 Å². The number of rotatable bonds is 4. The lowest BCUT2D eigenvalue weighted by Crippen LogP contribution is -2.03. The van der Waals surface area contributed by atoms with Crippen molar-refractivity contribution in [1.29, 1.82) is 0 Å². The highest BCUT2D eigenvalue weighted by molar-refractivity contribution is 7.26. The summed E-state index contributed by atoms with van der Waals surface area (Å²) in [5, 5.41) is 6.36. The summed E-state index contributed by atoms with van der Waals surface area (Å²) >= 11 is 3.67. The summed E-state index contributed by atoms with van der Waals surface area (Å²) in [6.45, 7) is 2.35. The topological polar surface area (TPSA) is 30.7 Å². The molecule has 1 aliphatic carbocycles. The normalized spacial score (nSPS) is 14.3. The van der Waals surface area contributed by atoms with Crippen LogP contribution in [0.3, 0.4) is 0 Å². The second-order valence-electron chi connectivity index (χ2n) is 13.8. The first-order valence-electron chi connectivity index (χ1n) is 17.8. The third-order valence-corrected chi connectivity index (χ3v) is 13.1. The SMILES string of the molecule is CC1CC=Cc2c1c1ccccc1n2-c1cc(-c2nc(-c3ccccc3)cc(-c3cccc4c3sc3ccccc34)n2)c2sc3ccccc3c2c1. The van der Waals surface area contributed by atoms with Gasteiger partial charge in [0.05, 0.1) is 16.9 Å². The number of hydrogen-bond acceptors (Lipinski definition) is 4. The third kappa shape index (κ3) is 4.49. The Morgan fingerprint density at radius 2 is 1.23 bits per heavy atom. The van der Waals surface area contributed by atoms with Gasteiger partial charge in [0.2, 0.25) is 0 Å². The van der Waals surface area contributed by atoms with Crippen molar-refractivity contribution in [3.05, 3.63) is 157 Å². The lowest BCUT2D eigenvalue weighted by molar-refractivity contribution is 0.773. The van der Waals surface area contributed by atoms with Gasteiger partial charge in [-0.15, -0.1) is 22.7 Å². The van der Waals surface area contributed by atoms with Crippen molar-refractivity contribution in [2.24, 2.45) is 0 Å². The summed E-state index contributed by atoms with van der Waals surface area (Å²) < 4.78 is 7.47. The van der Waals surface area contributed by atoms with E-state index in [9.17, 15) is 0 Å². The van der Waals surface area contributed by atoms with E-state index in [1.54, 1.807) is 0 Å². The van der Waals surface area contributed by atoms with Gasteiger partial charge in [0.1, 0.15) is 0 Å². The summed E-state index contributed by atoms with van der Waals surface area (Å²) in [7, 11) is 0. The molecular weight excluding hydrogens is 671 g/mol. The van der Waals surface area contributed by atoms with Crippen LogP contribution in [0.2, 0.25) is 0 Å². The van der Waals surface area contributed by atoms with Gasteiger partial charge in [-0.1, -0.05) is 116 Å². The highest BCUT2D eigenvalue weighted by Crippen LogP contribution is 2.46. The van der Waals surface area contributed by atoms with Crippen LogP contribution in [-0.4, -0.2) is 14.5 Å². The summed E-state index contributed by atoms with van der Waals surface area (Å²) in [5.41, 5.74) is 10.2. The molecule has 3 nitrogen and oxygen atoms in total. The second kappa shape index (κ2) is 11.6. The number of nitrogens with zero attached hydrogens (tertiary/aromatic N) is 3. The molecule has 0 amide bonds. The molecule has 1 atom stereocenters. The van der Waals surface area contributed by atoms with Gasteiger partial charge in [0.25, 0.3) is 0 Å². The molecule has 246 valence electrons. The van der Waals surface area contributed by atoms with Gasteiger partial charge in [-0.2, -0.15) is 0 Å². The molecule has 52 heavy (non-hydrogen) atoms. The Kier molecular flexibility index (Phi) is 6.63. The maximum atomic E-state index is 5.50. The summed E-state index contributed by atoms with van der Waals surface area (Å²) in [6.07, 6.45) is 5.70. The third-order valence-electron chi connectivity index (χ3n) is 10.6. The largest absolute Gasteiger partial charge is 0.310 e. The lowest BCUT2D eigenvalue weighted by atomic mass is 9.91. The average molecular weight is 702 g/mol. The van der Waals surface area contributed by atoms with Crippen molar-refractivity contribution in [2.75, 3.05) is 0 Å². The molecule has 0 fully saturated rings. The van der Waals surface area contributed by atoms with Gasteiger partial charge in [-0.3, -0.25) is 0 Å². The summed E-state index contributed by atoms with van der Waals surface area (Å²) in [4.78, 5) is 10.9. The molecule has 0 N–H and O–H groups in total. The van der Waals surface area contributed by atoms with E-state index >= 15 is 0 Å². The molecule has 1 aliphatic rings. The van der Waals surface area contributed by atoms with E-state index in [0.717, 1.165) is 46.0 Å². The van der Waals surface area contributed by atoms with Crippen LogP contribution in [0.1, 0.15) is 30.5 Å². The van der Waals surface area contributed by atoms with E-state index in [1.807, 2.05) is 22.7 Å². The number of para-hydroxylation sites is 1. The van der Waals surface area contributed by atoms with Crippen LogP contribution in [0.4, 0.5) is 0 Å². The fraction of sp³-hybridized carbons (Fsp3) is 0.0638. The van der Waals surface area contributed by atoms with E-state index in [-0.39, 0.29) is 0 Å². The van der Waals surface area contributed by atoms with E-state index in [4.69, 9.17) is 9.97 Å². The number of thiophene rings is 2. The van der Waals surface area contributed by atoms with Crippen molar-refractivity contribution in [2.45, 2.75) is 19.3 Å². The molecule has 0 aliphatic heterocycles. The van der Waals surface area contributed by atoms with Crippen LogP contribution < -0.4 is 0 Å².